The fraction of sp³-hybridized carbons (Fsp3) is 0.286. The Labute approximate surface area is 172 Å². The third-order valence-electron chi connectivity index (χ3n) is 4.25. The number of aliphatic hydroxyl groups excluding tert-OH is 1. The molecule has 30 heavy (non-hydrogen) atoms. The number of rotatable bonds is 8. The predicted octanol–water partition coefficient (Wildman–Crippen LogP) is 0.277. The van der Waals surface area contributed by atoms with Crippen molar-refractivity contribution < 1.29 is 33.7 Å². The van der Waals surface area contributed by atoms with E-state index in [1.165, 1.54) is 0 Å². The second kappa shape index (κ2) is 10.3. The predicted molar refractivity (Wildman–Crippen MR) is 105 cm³/mol. The van der Waals surface area contributed by atoms with Gasteiger partial charge in [-0.2, -0.15) is 0 Å². The molecule has 2 atom stereocenters. The molecule has 0 fully saturated rings. The van der Waals surface area contributed by atoms with E-state index >= 15 is 0 Å². The molecule has 2 amide bonds. The summed E-state index contributed by atoms with van der Waals surface area (Å²) in [5.74, 6) is -0.762. The molecule has 2 aromatic carbocycles. The molecular formula is C21H22N2O7. The van der Waals surface area contributed by atoms with Gasteiger partial charge in [0.05, 0.1) is 13.2 Å². The average molecular weight is 414 g/mol. The SMILES string of the molecule is O=C(COC(=O)C(CO)NC(=O)c1ccccc1)NCC1COc2ccccc2O1. The number of carbonyl (C=O) groups is 3. The standard InChI is InChI=1S/C21H22N2O7/c24-11-16(23-20(26)14-6-2-1-3-7-14)21(27)29-13-19(25)22-10-15-12-28-17-8-4-5-9-18(17)30-15/h1-9,15-16,24H,10-13H2,(H,22,25)(H,23,26). The normalized spacial score (nSPS) is 15.6. The van der Waals surface area contributed by atoms with Gasteiger partial charge in [0.2, 0.25) is 0 Å². The van der Waals surface area contributed by atoms with Crippen molar-refractivity contribution in [1.82, 2.24) is 10.6 Å². The molecule has 9 heteroatoms. The highest BCUT2D eigenvalue weighted by atomic mass is 16.6. The van der Waals surface area contributed by atoms with E-state index in [4.69, 9.17) is 14.2 Å². The average Bonchev–Trinajstić information content (AvgIpc) is 2.79. The van der Waals surface area contributed by atoms with Crippen molar-refractivity contribution >= 4 is 17.8 Å². The Hall–Kier alpha value is -3.59. The van der Waals surface area contributed by atoms with Gasteiger partial charge in [0, 0.05) is 5.56 Å². The van der Waals surface area contributed by atoms with Crippen LogP contribution in [0.1, 0.15) is 10.4 Å². The Morgan fingerprint density at radius 2 is 1.77 bits per heavy atom. The van der Waals surface area contributed by atoms with Crippen LogP contribution in [0.4, 0.5) is 0 Å². The minimum Gasteiger partial charge on any atom is -0.486 e. The summed E-state index contributed by atoms with van der Waals surface area (Å²) in [5.41, 5.74) is 0.331. The minimum absolute atomic E-state index is 0.166. The molecule has 1 aliphatic heterocycles. The van der Waals surface area contributed by atoms with Crippen molar-refractivity contribution in [2.24, 2.45) is 0 Å². The Bertz CT molecular complexity index is 888. The molecule has 0 aliphatic carbocycles. The number of benzene rings is 2. The van der Waals surface area contributed by atoms with E-state index in [-0.39, 0.29) is 19.3 Å². The van der Waals surface area contributed by atoms with Crippen molar-refractivity contribution in [3.63, 3.8) is 0 Å². The van der Waals surface area contributed by atoms with Crippen molar-refractivity contribution in [1.29, 1.82) is 0 Å². The maximum absolute atomic E-state index is 12.1. The van der Waals surface area contributed by atoms with Gasteiger partial charge in [-0.3, -0.25) is 9.59 Å². The van der Waals surface area contributed by atoms with E-state index in [1.807, 2.05) is 12.1 Å². The van der Waals surface area contributed by atoms with Crippen LogP contribution in [0.25, 0.3) is 0 Å². The number of esters is 1. The van der Waals surface area contributed by atoms with Crippen LogP contribution in [-0.4, -0.2) is 61.4 Å². The molecule has 2 aromatic rings. The zero-order chi connectivity index (χ0) is 21.3. The van der Waals surface area contributed by atoms with Gasteiger partial charge in [-0.15, -0.1) is 0 Å². The summed E-state index contributed by atoms with van der Waals surface area (Å²) in [6.45, 7) is -0.777. The number of amides is 2. The molecule has 0 saturated carbocycles. The van der Waals surface area contributed by atoms with Crippen molar-refractivity contribution in [3.05, 3.63) is 60.2 Å². The minimum atomic E-state index is -1.28. The summed E-state index contributed by atoms with van der Waals surface area (Å²) < 4.78 is 16.2. The van der Waals surface area contributed by atoms with Crippen LogP contribution in [0.5, 0.6) is 11.5 Å². The maximum atomic E-state index is 12.1. The Kier molecular flexibility index (Phi) is 7.23. The van der Waals surface area contributed by atoms with Gasteiger partial charge in [0.15, 0.2) is 24.1 Å². The molecule has 3 N–H and O–H groups in total. The van der Waals surface area contributed by atoms with Gasteiger partial charge in [0.1, 0.15) is 12.7 Å². The lowest BCUT2D eigenvalue weighted by Gasteiger charge is -2.26. The summed E-state index contributed by atoms with van der Waals surface area (Å²) in [6.07, 6.45) is -0.380. The molecular weight excluding hydrogens is 392 g/mol. The molecule has 3 rings (SSSR count). The fourth-order valence-electron chi connectivity index (χ4n) is 2.69. The third kappa shape index (κ3) is 5.71. The highest BCUT2D eigenvalue weighted by molar-refractivity contribution is 5.97. The number of para-hydroxylation sites is 2. The number of hydrogen-bond acceptors (Lipinski definition) is 7. The molecule has 158 valence electrons. The van der Waals surface area contributed by atoms with E-state index in [0.717, 1.165) is 0 Å². The number of nitrogens with one attached hydrogen (secondary N) is 2. The number of fused-ring (bicyclic) bond motifs is 1. The first kappa shape index (κ1) is 21.1. The topological polar surface area (TPSA) is 123 Å². The monoisotopic (exact) mass is 414 g/mol. The van der Waals surface area contributed by atoms with E-state index in [1.54, 1.807) is 42.5 Å². The Morgan fingerprint density at radius 1 is 1.07 bits per heavy atom. The third-order valence-corrected chi connectivity index (χ3v) is 4.25. The van der Waals surface area contributed by atoms with Crippen LogP contribution in [0, 0.1) is 0 Å². The first-order valence-corrected chi connectivity index (χ1v) is 9.35. The number of ether oxygens (including phenoxy) is 3. The quantitative estimate of drug-likeness (QED) is 0.530. The molecule has 0 spiro atoms. The van der Waals surface area contributed by atoms with Gasteiger partial charge >= 0.3 is 5.97 Å². The Balaban J connectivity index is 1.40. The van der Waals surface area contributed by atoms with Crippen LogP contribution in [0.15, 0.2) is 54.6 Å². The summed E-state index contributed by atoms with van der Waals surface area (Å²) in [4.78, 5) is 36.1. The summed E-state index contributed by atoms with van der Waals surface area (Å²) in [6, 6.07) is 14.2. The maximum Gasteiger partial charge on any atom is 0.331 e. The smallest absolute Gasteiger partial charge is 0.331 e. The van der Waals surface area contributed by atoms with E-state index in [0.29, 0.717) is 17.1 Å². The second-order valence-electron chi connectivity index (χ2n) is 6.48. The van der Waals surface area contributed by atoms with Gasteiger partial charge in [-0.1, -0.05) is 30.3 Å². The van der Waals surface area contributed by atoms with E-state index < -0.39 is 37.0 Å². The lowest BCUT2D eigenvalue weighted by molar-refractivity contribution is -0.151. The van der Waals surface area contributed by atoms with Crippen LogP contribution < -0.4 is 20.1 Å². The molecule has 0 saturated heterocycles. The largest absolute Gasteiger partial charge is 0.486 e. The van der Waals surface area contributed by atoms with Crippen LogP contribution in [-0.2, 0) is 14.3 Å². The molecule has 1 aliphatic rings. The van der Waals surface area contributed by atoms with Crippen molar-refractivity contribution in [3.8, 4) is 11.5 Å². The van der Waals surface area contributed by atoms with Crippen LogP contribution >= 0.6 is 0 Å². The van der Waals surface area contributed by atoms with Gasteiger partial charge in [0.25, 0.3) is 11.8 Å². The Morgan fingerprint density at radius 3 is 2.50 bits per heavy atom. The van der Waals surface area contributed by atoms with Gasteiger partial charge < -0.3 is 30.0 Å². The zero-order valence-corrected chi connectivity index (χ0v) is 16.1. The van der Waals surface area contributed by atoms with E-state index in [2.05, 4.69) is 10.6 Å². The summed E-state index contributed by atoms with van der Waals surface area (Å²) in [7, 11) is 0. The van der Waals surface area contributed by atoms with Crippen LogP contribution in [0.3, 0.4) is 0 Å². The molecule has 9 nitrogen and oxygen atoms in total. The highest BCUT2D eigenvalue weighted by Gasteiger charge is 2.24. The zero-order valence-electron chi connectivity index (χ0n) is 16.1. The highest BCUT2D eigenvalue weighted by Crippen LogP contribution is 2.30. The summed E-state index contributed by atoms with van der Waals surface area (Å²) >= 11 is 0. The fourth-order valence-corrected chi connectivity index (χ4v) is 2.69. The number of carbonyl (C=O) groups excluding carboxylic acids is 3. The molecule has 0 radical (unpaired) electrons. The first-order chi connectivity index (χ1) is 14.6. The van der Waals surface area contributed by atoms with Crippen molar-refractivity contribution in [2.45, 2.75) is 12.1 Å². The number of aliphatic hydroxyl groups is 1. The van der Waals surface area contributed by atoms with Crippen molar-refractivity contribution in [2.75, 3.05) is 26.4 Å². The molecule has 0 aromatic heterocycles. The molecule has 2 unspecified atom stereocenters. The lowest BCUT2D eigenvalue weighted by Crippen LogP contribution is -2.46. The van der Waals surface area contributed by atoms with Crippen LogP contribution in [0.2, 0.25) is 0 Å². The second-order valence-corrected chi connectivity index (χ2v) is 6.48. The summed E-state index contributed by atoms with van der Waals surface area (Å²) in [5, 5.41) is 14.3. The molecule has 0 bridgehead atoms. The number of hydrogen-bond donors (Lipinski definition) is 3. The first-order valence-electron chi connectivity index (χ1n) is 9.35. The van der Waals surface area contributed by atoms with E-state index in [9.17, 15) is 19.5 Å². The van der Waals surface area contributed by atoms with Gasteiger partial charge in [-0.25, -0.2) is 4.79 Å². The molecule has 1 heterocycles. The lowest BCUT2D eigenvalue weighted by atomic mass is 10.2. The van der Waals surface area contributed by atoms with Gasteiger partial charge in [-0.05, 0) is 24.3 Å².